The van der Waals surface area contributed by atoms with E-state index in [1.165, 1.54) is 20.9 Å². The molecular weight excluding hydrogens is 428 g/mol. The summed E-state index contributed by atoms with van der Waals surface area (Å²) in [7, 11) is 0. The highest BCUT2D eigenvalue weighted by atomic mass is 79.9. The van der Waals surface area contributed by atoms with Crippen LogP contribution in [0.1, 0.15) is 25.7 Å². The van der Waals surface area contributed by atoms with E-state index in [0.29, 0.717) is 0 Å². The number of thiophene rings is 1. The van der Waals surface area contributed by atoms with Gasteiger partial charge in [0.2, 0.25) is 0 Å². The molecule has 90 valence electrons. The van der Waals surface area contributed by atoms with Crippen molar-refractivity contribution in [2.75, 3.05) is 0 Å². The fraction of sp³-hybridized carbons (Fsp3) is 0.231. The summed E-state index contributed by atoms with van der Waals surface area (Å²) in [5.74, 6) is 0. The van der Waals surface area contributed by atoms with Gasteiger partial charge in [-0.15, -0.1) is 11.3 Å². The molecule has 1 atom stereocenters. The third kappa shape index (κ3) is 3.03. The fourth-order valence-electron chi connectivity index (χ4n) is 1.78. The molecule has 0 amide bonds. The van der Waals surface area contributed by atoms with Gasteiger partial charge in [-0.25, -0.2) is 0 Å². The van der Waals surface area contributed by atoms with E-state index < -0.39 is 0 Å². The summed E-state index contributed by atoms with van der Waals surface area (Å²) in [5.41, 5.74) is 2.60. The minimum Gasteiger partial charge on any atom is -0.146 e. The zero-order valence-electron chi connectivity index (χ0n) is 9.43. The van der Waals surface area contributed by atoms with Gasteiger partial charge < -0.3 is 0 Å². The van der Waals surface area contributed by atoms with Crippen molar-refractivity contribution in [2.24, 2.45) is 0 Å². The molecule has 0 aliphatic heterocycles. The first-order chi connectivity index (χ1) is 7.99. The van der Waals surface area contributed by atoms with Gasteiger partial charge in [-0.1, -0.05) is 47.8 Å². The van der Waals surface area contributed by atoms with Crippen molar-refractivity contribution in [1.82, 2.24) is 0 Å². The molecule has 2 aromatic rings. The second kappa shape index (κ2) is 5.55. The van der Waals surface area contributed by atoms with Gasteiger partial charge in [0.1, 0.15) is 0 Å². The molecule has 0 radical (unpaired) electrons. The summed E-state index contributed by atoms with van der Waals surface area (Å²) in [6.07, 6.45) is 0. The minimum atomic E-state index is 0.235. The second-order valence-corrected chi connectivity index (χ2v) is 8.04. The molecule has 0 saturated heterocycles. The highest BCUT2D eigenvalue weighted by molar-refractivity contribution is 9.11. The standard InChI is InChI=1S/C13H11Br3S/c1-7-5-10(8(2)17-7)13(16)11-6-9(14)3-4-12(11)15/h3-6,13H,1-2H3. The Morgan fingerprint density at radius 2 is 1.76 bits per heavy atom. The molecule has 0 aliphatic rings. The van der Waals surface area contributed by atoms with Gasteiger partial charge in [0.05, 0.1) is 4.83 Å². The van der Waals surface area contributed by atoms with Crippen molar-refractivity contribution in [2.45, 2.75) is 18.7 Å². The fourth-order valence-corrected chi connectivity index (χ4v) is 4.91. The zero-order chi connectivity index (χ0) is 12.6. The predicted octanol–water partition coefficient (Wildman–Crippen LogP) is 6.37. The zero-order valence-corrected chi connectivity index (χ0v) is 15.0. The van der Waals surface area contributed by atoms with Gasteiger partial charge in [-0.3, -0.25) is 0 Å². The summed E-state index contributed by atoms with van der Waals surface area (Å²) in [6, 6.07) is 8.52. The molecule has 0 nitrogen and oxygen atoms in total. The number of alkyl halides is 1. The van der Waals surface area contributed by atoms with Gasteiger partial charge in [-0.2, -0.15) is 0 Å². The van der Waals surface area contributed by atoms with E-state index >= 15 is 0 Å². The van der Waals surface area contributed by atoms with Crippen LogP contribution in [0.15, 0.2) is 33.2 Å². The molecule has 1 heterocycles. The molecule has 17 heavy (non-hydrogen) atoms. The predicted molar refractivity (Wildman–Crippen MR) is 86.4 cm³/mol. The summed E-state index contributed by atoms with van der Waals surface area (Å²) >= 11 is 12.8. The van der Waals surface area contributed by atoms with Crippen LogP contribution in [0.3, 0.4) is 0 Å². The summed E-state index contributed by atoms with van der Waals surface area (Å²) in [6.45, 7) is 4.32. The largest absolute Gasteiger partial charge is 0.146 e. The molecule has 1 unspecified atom stereocenters. The lowest BCUT2D eigenvalue weighted by Crippen LogP contribution is -1.94. The minimum absolute atomic E-state index is 0.235. The van der Waals surface area contributed by atoms with E-state index in [1.807, 2.05) is 17.4 Å². The first kappa shape index (κ1) is 13.8. The Kier molecular flexibility index (Phi) is 4.50. The summed E-state index contributed by atoms with van der Waals surface area (Å²) < 4.78 is 2.23. The normalized spacial score (nSPS) is 12.8. The van der Waals surface area contributed by atoms with E-state index in [9.17, 15) is 0 Å². The molecule has 0 spiro atoms. The maximum Gasteiger partial charge on any atom is 0.0666 e. The van der Waals surface area contributed by atoms with Gasteiger partial charge in [0.15, 0.2) is 0 Å². The monoisotopic (exact) mass is 436 g/mol. The van der Waals surface area contributed by atoms with Gasteiger partial charge >= 0.3 is 0 Å². The molecule has 0 N–H and O–H groups in total. The van der Waals surface area contributed by atoms with Crippen LogP contribution in [-0.4, -0.2) is 0 Å². The SMILES string of the molecule is Cc1cc(C(Br)c2cc(Br)ccc2Br)c(C)s1. The lowest BCUT2D eigenvalue weighted by molar-refractivity contribution is 1.15. The number of hydrogen-bond acceptors (Lipinski definition) is 1. The highest BCUT2D eigenvalue weighted by Gasteiger charge is 2.17. The summed E-state index contributed by atoms with van der Waals surface area (Å²) in [5, 5.41) is 0. The van der Waals surface area contributed by atoms with Crippen molar-refractivity contribution in [1.29, 1.82) is 0 Å². The number of rotatable bonds is 2. The molecule has 0 fully saturated rings. The van der Waals surface area contributed by atoms with Gasteiger partial charge in [-0.05, 0) is 49.2 Å². The third-order valence-electron chi connectivity index (χ3n) is 2.58. The van der Waals surface area contributed by atoms with Crippen LogP contribution in [0.4, 0.5) is 0 Å². The molecular formula is C13H11Br3S. The summed E-state index contributed by atoms with van der Waals surface area (Å²) in [4.78, 5) is 2.96. The van der Waals surface area contributed by atoms with Gasteiger partial charge in [0.25, 0.3) is 0 Å². The Morgan fingerprint density at radius 3 is 2.35 bits per heavy atom. The van der Waals surface area contributed by atoms with Crippen molar-refractivity contribution in [3.05, 3.63) is 54.1 Å². The van der Waals surface area contributed by atoms with E-state index in [-0.39, 0.29) is 4.83 Å². The maximum atomic E-state index is 3.80. The third-order valence-corrected chi connectivity index (χ3v) is 5.77. The maximum absolute atomic E-state index is 3.80. The topological polar surface area (TPSA) is 0 Å². The molecule has 1 aromatic carbocycles. The average Bonchev–Trinajstić information content (AvgIpc) is 2.60. The lowest BCUT2D eigenvalue weighted by atomic mass is 10.1. The molecule has 2 rings (SSSR count). The number of aryl methyl sites for hydroxylation is 2. The first-order valence-electron chi connectivity index (χ1n) is 5.15. The Balaban J connectivity index is 2.46. The molecule has 1 aromatic heterocycles. The van der Waals surface area contributed by atoms with Crippen LogP contribution in [0.25, 0.3) is 0 Å². The Hall–Kier alpha value is 0.360. The highest BCUT2D eigenvalue weighted by Crippen LogP contribution is 2.40. The van der Waals surface area contributed by atoms with Crippen LogP contribution < -0.4 is 0 Å². The second-order valence-electron chi connectivity index (χ2n) is 3.90. The molecule has 4 heteroatoms. The molecule has 0 bridgehead atoms. The van der Waals surface area contributed by atoms with Crippen LogP contribution in [0.5, 0.6) is 0 Å². The lowest BCUT2D eigenvalue weighted by Gasteiger charge is -2.12. The van der Waals surface area contributed by atoms with Crippen LogP contribution in [0.2, 0.25) is 0 Å². The van der Waals surface area contributed by atoms with E-state index in [2.05, 4.69) is 79.8 Å². The number of hydrogen-bond donors (Lipinski definition) is 0. The number of benzene rings is 1. The Morgan fingerprint density at radius 1 is 1.06 bits per heavy atom. The number of halogens is 3. The van der Waals surface area contributed by atoms with Crippen molar-refractivity contribution < 1.29 is 0 Å². The quantitative estimate of drug-likeness (QED) is 0.477. The van der Waals surface area contributed by atoms with E-state index in [1.54, 1.807) is 0 Å². The van der Waals surface area contributed by atoms with Crippen LogP contribution in [-0.2, 0) is 0 Å². The smallest absolute Gasteiger partial charge is 0.0666 e. The Bertz CT molecular complexity index is 546. The van der Waals surface area contributed by atoms with E-state index in [4.69, 9.17) is 0 Å². The van der Waals surface area contributed by atoms with Crippen molar-refractivity contribution in [3.63, 3.8) is 0 Å². The first-order valence-corrected chi connectivity index (χ1v) is 8.47. The molecule has 0 saturated carbocycles. The van der Waals surface area contributed by atoms with Gasteiger partial charge in [0, 0.05) is 18.7 Å². The molecule has 0 aliphatic carbocycles. The average molecular weight is 439 g/mol. The van der Waals surface area contributed by atoms with Crippen molar-refractivity contribution >= 4 is 59.1 Å². The van der Waals surface area contributed by atoms with Crippen molar-refractivity contribution in [3.8, 4) is 0 Å². The van der Waals surface area contributed by atoms with Crippen LogP contribution in [0, 0.1) is 13.8 Å². The van der Waals surface area contributed by atoms with E-state index in [0.717, 1.165) is 8.95 Å². The van der Waals surface area contributed by atoms with Crippen LogP contribution >= 0.6 is 59.1 Å². The Labute approximate surface area is 131 Å².